The van der Waals surface area contributed by atoms with E-state index in [2.05, 4.69) is 27.0 Å². The molecule has 1 N–H and O–H groups in total. The van der Waals surface area contributed by atoms with Crippen LogP contribution in [0.3, 0.4) is 0 Å². The minimum absolute atomic E-state index is 0.000569. The smallest absolute Gasteiger partial charge is 0.226 e. The van der Waals surface area contributed by atoms with Crippen LogP contribution in [0.4, 0.5) is 0 Å². The molecule has 0 aliphatic heterocycles. The van der Waals surface area contributed by atoms with Crippen molar-refractivity contribution in [1.82, 2.24) is 14.9 Å². The Morgan fingerprint density at radius 1 is 1.04 bits per heavy atom. The molecule has 0 fully saturated rings. The predicted molar refractivity (Wildman–Crippen MR) is 104 cm³/mol. The summed E-state index contributed by atoms with van der Waals surface area (Å²) in [7, 11) is 0. The van der Waals surface area contributed by atoms with Crippen molar-refractivity contribution < 1.29 is 4.79 Å². The topological polar surface area (TPSA) is 46.9 Å². The molecule has 0 aliphatic carbocycles. The van der Waals surface area contributed by atoms with Crippen molar-refractivity contribution in [1.29, 1.82) is 0 Å². The first kappa shape index (κ1) is 17.9. The first-order valence-corrected chi connectivity index (χ1v) is 8.86. The molecule has 0 radical (unpaired) electrons. The Bertz CT molecular complexity index is 848. The van der Waals surface area contributed by atoms with Crippen molar-refractivity contribution in [3.05, 3.63) is 90.0 Å². The van der Waals surface area contributed by atoms with Gasteiger partial charge >= 0.3 is 0 Å². The fraction of sp³-hybridized carbons (Fsp3) is 0.273. The second-order valence-corrected chi connectivity index (χ2v) is 7.47. The molecule has 2 aromatic carbocycles. The van der Waals surface area contributed by atoms with Gasteiger partial charge in [0, 0.05) is 24.4 Å². The number of carbonyl (C=O) groups is 1. The second kappa shape index (κ2) is 7.56. The van der Waals surface area contributed by atoms with Crippen LogP contribution in [-0.4, -0.2) is 15.5 Å². The number of hydrogen-bond donors (Lipinski definition) is 1. The van der Waals surface area contributed by atoms with E-state index in [9.17, 15) is 4.79 Å². The number of hydrogen-bond acceptors (Lipinski definition) is 2. The SMILES string of the molecule is CC(C)(C)C(=O)NC(c1ccccc1)c1nccn1Cc1ccccc1. The Morgan fingerprint density at radius 2 is 1.65 bits per heavy atom. The first-order valence-electron chi connectivity index (χ1n) is 8.86. The third kappa shape index (κ3) is 4.20. The van der Waals surface area contributed by atoms with Gasteiger partial charge < -0.3 is 9.88 Å². The summed E-state index contributed by atoms with van der Waals surface area (Å²) in [4.78, 5) is 17.2. The van der Waals surface area contributed by atoms with Crippen LogP contribution in [0, 0.1) is 5.41 Å². The van der Waals surface area contributed by atoms with Crippen molar-refractivity contribution in [2.75, 3.05) is 0 Å². The molecule has 1 heterocycles. The summed E-state index contributed by atoms with van der Waals surface area (Å²) < 4.78 is 2.09. The second-order valence-electron chi connectivity index (χ2n) is 7.47. The van der Waals surface area contributed by atoms with Gasteiger partial charge in [0.15, 0.2) is 0 Å². The summed E-state index contributed by atoms with van der Waals surface area (Å²) in [5, 5.41) is 3.18. The van der Waals surface area contributed by atoms with E-state index in [1.165, 1.54) is 5.56 Å². The van der Waals surface area contributed by atoms with Gasteiger partial charge in [0.1, 0.15) is 11.9 Å². The van der Waals surface area contributed by atoms with E-state index >= 15 is 0 Å². The summed E-state index contributed by atoms with van der Waals surface area (Å²) >= 11 is 0. The summed E-state index contributed by atoms with van der Waals surface area (Å²) in [6, 6.07) is 19.9. The van der Waals surface area contributed by atoms with Crippen molar-refractivity contribution in [2.24, 2.45) is 5.41 Å². The number of benzene rings is 2. The van der Waals surface area contributed by atoms with E-state index in [4.69, 9.17) is 0 Å². The Labute approximate surface area is 154 Å². The zero-order valence-corrected chi connectivity index (χ0v) is 15.5. The number of imidazole rings is 1. The summed E-state index contributed by atoms with van der Waals surface area (Å²) in [5.74, 6) is 0.832. The Morgan fingerprint density at radius 3 is 2.27 bits per heavy atom. The van der Waals surface area contributed by atoms with Crippen LogP contribution in [0.2, 0.25) is 0 Å². The first-order chi connectivity index (χ1) is 12.4. The van der Waals surface area contributed by atoms with Crippen LogP contribution in [0.25, 0.3) is 0 Å². The van der Waals surface area contributed by atoms with Crippen LogP contribution in [0.15, 0.2) is 73.1 Å². The summed E-state index contributed by atoms with van der Waals surface area (Å²) in [5.41, 5.74) is 1.75. The fourth-order valence-corrected chi connectivity index (χ4v) is 2.78. The van der Waals surface area contributed by atoms with Gasteiger partial charge in [-0.15, -0.1) is 0 Å². The van der Waals surface area contributed by atoms with Crippen LogP contribution < -0.4 is 5.32 Å². The Hall–Kier alpha value is -2.88. The minimum Gasteiger partial charge on any atom is -0.342 e. The van der Waals surface area contributed by atoms with Crippen molar-refractivity contribution in [3.63, 3.8) is 0 Å². The largest absolute Gasteiger partial charge is 0.342 e. The molecule has 1 amide bonds. The van der Waals surface area contributed by atoms with Gasteiger partial charge in [-0.25, -0.2) is 4.98 Å². The lowest BCUT2D eigenvalue weighted by Crippen LogP contribution is -2.38. The molecule has 0 spiro atoms. The normalized spacial score (nSPS) is 12.6. The third-order valence-electron chi connectivity index (χ3n) is 4.29. The van der Waals surface area contributed by atoms with Gasteiger partial charge in [-0.1, -0.05) is 81.4 Å². The number of nitrogens with one attached hydrogen (secondary N) is 1. The van der Waals surface area contributed by atoms with Crippen LogP contribution in [0.5, 0.6) is 0 Å². The monoisotopic (exact) mass is 347 g/mol. The minimum atomic E-state index is -0.468. The average Bonchev–Trinajstić information content (AvgIpc) is 3.08. The Balaban J connectivity index is 1.95. The van der Waals surface area contributed by atoms with Crippen LogP contribution in [0.1, 0.15) is 43.8 Å². The molecule has 1 unspecified atom stereocenters. The van der Waals surface area contributed by atoms with E-state index < -0.39 is 5.41 Å². The molecular formula is C22H25N3O. The molecule has 0 aliphatic rings. The number of carbonyl (C=O) groups excluding carboxylic acids is 1. The maximum Gasteiger partial charge on any atom is 0.226 e. The molecule has 134 valence electrons. The van der Waals surface area contributed by atoms with E-state index in [0.29, 0.717) is 6.54 Å². The van der Waals surface area contributed by atoms with E-state index in [1.807, 2.05) is 75.5 Å². The number of aromatic nitrogens is 2. The maximum absolute atomic E-state index is 12.7. The molecule has 4 nitrogen and oxygen atoms in total. The highest BCUT2D eigenvalue weighted by Crippen LogP contribution is 2.24. The highest BCUT2D eigenvalue weighted by atomic mass is 16.2. The molecule has 0 bridgehead atoms. The van der Waals surface area contributed by atoms with Crippen molar-refractivity contribution in [3.8, 4) is 0 Å². The van der Waals surface area contributed by atoms with E-state index in [-0.39, 0.29) is 11.9 Å². The van der Waals surface area contributed by atoms with Gasteiger partial charge in [0.05, 0.1) is 0 Å². The van der Waals surface area contributed by atoms with Crippen molar-refractivity contribution >= 4 is 5.91 Å². The van der Waals surface area contributed by atoms with Gasteiger partial charge in [0.2, 0.25) is 5.91 Å². The Kier molecular flexibility index (Phi) is 5.21. The van der Waals surface area contributed by atoms with Crippen molar-refractivity contribution in [2.45, 2.75) is 33.4 Å². The summed E-state index contributed by atoms with van der Waals surface area (Å²) in [6.07, 6.45) is 3.75. The quantitative estimate of drug-likeness (QED) is 0.752. The zero-order valence-electron chi connectivity index (χ0n) is 15.5. The average molecular weight is 347 g/mol. The predicted octanol–water partition coefficient (Wildman–Crippen LogP) is 4.18. The molecular weight excluding hydrogens is 322 g/mol. The zero-order chi connectivity index (χ0) is 18.6. The molecule has 26 heavy (non-hydrogen) atoms. The lowest BCUT2D eigenvalue weighted by Gasteiger charge is -2.25. The van der Waals surface area contributed by atoms with Crippen LogP contribution in [-0.2, 0) is 11.3 Å². The maximum atomic E-state index is 12.7. The highest BCUT2D eigenvalue weighted by Gasteiger charge is 2.27. The van der Waals surface area contributed by atoms with E-state index in [1.54, 1.807) is 6.20 Å². The summed E-state index contributed by atoms with van der Waals surface area (Å²) in [6.45, 7) is 6.47. The number of nitrogens with zero attached hydrogens (tertiary/aromatic N) is 2. The van der Waals surface area contributed by atoms with E-state index in [0.717, 1.165) is 11.4 Å². The standard InChI is InChI=1S/C22H25N3O/c1-22(2,3)21(26)24-19(18-12-8-5-9-13-18)20-23-14-15-25(20)16-17-10-6-4-7-11-17/h4-15,19H,16H2,1-3H3,(H,24,26). The van der Waals surface area contributed by atoms with Crippen LogP contribution >= 0.6 is 0 Å². The lowest BCUT2D eigenvalue weighted by atomic mass is 9.94. The van der Waals surface area contributed by atoms with Gasteiger partial charge in [-0.2, -0.15) is 0 Å². The molecule has 3 rings (SSSR count). The number of rotatable bonds is 5. The highest BCUT2D eigenvalue weighted by molar-refractivity contribution is 5.82. The van der Waals surface area contributed by atoms with Gasteiger partial charge in [-0.05, 0) is 11.1 Å². The molecule has 4 heteroatoms. The molecule has 3 aromatic rings. The third-order valence-corrected chi connectivity index (χ3v) is 4.29. The van der Waals surface area contributed by atoms with Gasteiger partial charge in [-0.3, -0.25) is 4.79 Å². The molecule has 1 atom stereocenters. The number of amides is 1. The van der Waals surface area contributed by atoms with Gasteiger partial charge in [0.25, 0.3) is 0 Å². The molecule has 1 aromatic heterocycles. The molecule has 0 saturated carbocycles. The lowest BCUT2D eigenvalue weighted by molar-refractivity contribution is -0.129. The molecule has 0 saturated heterocycles. The fourth-order valence-electron chi connectivity index (χ4n) is 2.78.